The second-order valence-corrected chi connectivity index (χ2v) is 9.20. The molecule has 190 valence electrons. The molecule has 1 aliphatic rings. The van der Waals surface area contributed by atoms with Crippen LogP contribution in [0.15, 0.2) is 72.8 Å². The number of aliphatic hydroxyl groups is 3. The van der Waals surface area contributed by atoms with Gasteiger partial charge in [0, 0.05) is 5.02 Å². The third-order valence-electron chi connectivity index (χ3n) is 6.27. The fraction of sp³-hybridized carbons (Fsp3) is 0.321. The maximum Gasteiger partial charge on any atom is 0.410 e. The molecule has 4 atom stereocenters. The number of benzene rings is 3. The van der Waals surface area contributed by atoms with E-state index in [1.165, 1.54) is 4.90 Å². The largest absolute Gasteiger partial charge is 0.494 e. The quantitative estimate of drug-likeness (QED) is 0.441. The molecule has 0 aliphatic carbocycles. The second-order valence-electron chi connectivity index (χ2n) is 8.79. The van der Waals surface area contributed by atoms with Crippen LogP contribution in [0.4, 0.5) is 4.79 Å². The number of β-amino-alcohol motifs (C(OH)–C–C–N with tert-alkyl or cyclic N) is 1. The van der Waals surface area contributed by atoms with Gasteiger partial charge in [0.15, 0.2) is 0 Å². The molecule has 1 heterocycles. The van der Waals surface area contributed by atoms with Crippen LogP contribution in [0.3, 0.4) is 0 Å². The first-order valence-corrected chi connectivity index (χ1v) is 12.3. The molecule has 3 aromatic rings. The van der Waals surface area contributed by atoms with Crippen LogP contribution < -0.4 is 4.74 Å². The standard InChI is InChI=1S/C28H30ClNO6/c1-2-35-22-11-8-18(9-12-22)14-21-15-20(10-13-23(21)29)25-27(33)26(32)24(31)16-30(25)28(34)36-17-19-6-4-3-5-7-19/h3-13,15,24-27,31-33H,2,14,16-17H2,1H3. The van der Waals surface area contributed by atoms with E-state index in [0.29, 0.717) is 23.6 Å². The number of halogens is 1. The molecule has 1 amide bonds. The summed E-state index contributed by atoms with van der Waals surface area (Å²) in [5.41, 5.74) is 3.19. The summed E-state index contributed by atoms with van der Waals surface area (Å²) in [6.07, 6.45) is -4.32. The molecule has 7 nitrogen and oxygen atoms in total. The Morgan fingerprint density at radius 1 is 0.972 bits per heavy atom. The average Bonchev–Trinajstić information content (AvgIpc) is 2.89. The van der Waals surface area contributed by atoms with Gasteiger partial charge in [-0.15, -0.1) is 0 Å². The predicted molar refractivity (Wildman–Crippen MR) is 136 cm³/mol. The molecule has 1 fully saturated rings. The Kier molecular flexibility index (Phi) is 8.48. The first-order chi connectivity index (χ1) is 17.4. The summed E-state index contributed by atoms with van der Waals surface area (Å²) in [5.74, 6) is 0.781. The van der Waals surface area contributed by atoms with E-state index >= 15 is 0 Å². The van der Waals surface area contributed by atoms with Crippen LogP contribution in [0, 0.1) is 0 Å². The normalized spacial score (nSPS) is 21.8. The van der Waals surface area contributed by atoms with Crippen molar-refractivity contribution in [3.8, 4) is 5.75 Å². The van der Waals surface area contributed by atoms with Crippen molar-refractivity contribution in [3.63, 3.8) is 0 Å². The van der Waals surface area contributed by atoms with Gasteiger partial charge in [0.05, 0.1) is 19.2 Å². The molecule has 0 spiro atoms. The van der Waals surface area contributed by atoms with Gasteiger partial charge in [0.2, 0.25) is 0 Å². The van der Waals surface area contributed by atoms with Crippen molar-refractivity contribution in [2.75, 3.05) is 13.2 Å². The molecule has 4 unspecified atom stereocenters. The van der Waals surface area contributed by atoms with Crippen LogP contribution in [0.2, 0.25) is 5.02 Å². The molecule has 36 heavy (non-hydrogen) atoms. The van der Waals surface area contributed by atoms with Crippen molar-refractivity contribution in [3.05, 3.63) is 100 Å². The molecule has 1 aliphatic heterocycles. The molecule has 0 radical (unpaired) electrons. The van der Waals surface area contributed by atoms with E-state index in [-0.39, 0.29) is 13.2 Å². The van der Waals surface area contributed by atoms with Gasteiger partial charge >= 0.3 is 6.09 Å². The zero-order valence-corrected chi connectivity index (χ0v) is 20.7. The number of amides is 1. The minimum Gasteiger partial charge on any atom is -0.494 e. The van der Waals surface area contributed by atoms with Gasteiger partial charge in [0.25, 0.3) is 0 Å². The van der Waals surface area contributed by atoms with Gasteiger partial charge in [-0.25, -0.2) is 4.79 Å². The number of ether oxygens (including phenoxy) is 2. The maximum atomic E-state index is 13.0. The van der Waals surface area contributed by atoms with Gasteiger partial charge in [-0.05, 0) is 53.8 Å². The summed E-state index contributed by atoms with van der Waals surface area (Å²) in [6, 6.07) is 21.2. The number of piperidine rings is 1. The lowest BCUT2D eigenvalue weighted by molar-refractivity contribution is -0.132. The van der Waals surface area contributed by atoms with E-state index in [0.717, 1.165) is 22.4 Å². The van der Waals surface area contributed by atoms with Crippen LogP contribution in [0.1, 0.15) is 35.2 Å². The first kappa shape index (κ1) is 26.0. The lowest BCUT2D eigenvalue weighted by atomic mass is 9.88. The summed E-state index contributed by atoms with van der Waals surface area (Å²) in [5, 5.41) is 32.1. The summed E-state index contributed by atoms with van der Waals surface area (Å²) in [4.78, 5) is 14.3. The van der Waals surface area contributed by atoms with Crippen LogP contribution >= 0.6 is 11.6 Å². The van der Waals surface area contributed by atoms with E-state index < -0.39 is 30.4 Å². The molecule has 8 heteroatoms. The van der Waals surface area contributed by atoms with Crippen LogP contribution in [0.5, 0.6) is 5.75 Å². The third kappa shape index (κ3) is 5.99. The summed E-state index contributed by atoms with van der Waals surface area (Å²) >= 11 is 6.49. The zero-order chi connectivity index (χ0) is 25.7. The number of aliphatic hydroxyl groups excluding tert-OH is 3. The molecular weight excluding hydrogens is 482 g/mol. The van der Waals surface area contributed by atoms with Crippen LogP contribution in [-0.2, 0) is 17.8 Å². The number of hydrogen-bond acceptors (Lipinski definition) is 6. The van der Waals surface area contributed by atoms with Crippen molar-refractivity contribution in [1.29, 1.82) is 0 Å². The zero-order valence-electron chi connectivity index (χ0n) is 20.0. The Balaban J connectivity index is 1.58. The van der Waals surface area contributed by atoms with Crippen LogP contribution in [-0.4, -0.2) is 57.8 Å². The Morgan fingerprint density at radius 2 is 1.69 bits per heavy atom. The second kappa shape index (κ2) is 11.8. The Morgan fingerprint density at radius 3 is 2.39 bits per heavy atom. The fourth-order valence-corrected chi connectivity index (χ4v) is 4.58. The van der Waals surface area contributed by atoms with Crippen LogP contribution in [0.25, 0.3) is 0 Å². The minimum atomic E-state index is -1.42. The topological polar surface area (TPSA) is 99.5 Å². The van der Waals surface area contributed by atoms with E-state index in [9.17, 15) is 20.1 Å². The lowest BCUT2D eigenvalue weighted by Crippen LogP contribution is -2.58. The Hall–Kier alpha value is -3.10. The first-order valence-electron chi connectivity index (χ1n) is 11.9. The number of hydrogen-bond donors (Lipinski definition) is 3. The Bertz CT molecular complexity index is 1160. The summed E-state index contributed by atoms with van der Waals surface area (Å²) in [7, 11) is 0. The highest BCUT2D eigenvalue weighted by Crippen LogP contribution is 2.35. The van der Waals surface area contributed by atoms with E-state index in [2.05, 4.69) is 0 Å². The van der Waals surface area contributed by atoms with E-state index in [1.54, 1.807) is 12.1 Å². The Labute approximate surface area is 215 Å². The summed E-state index contributed by atoms with van der Waals surface area (Å²) < 4.78 is 11.0. The number of carbonyl (C=O) groups excluding carboxylic acids is 1. The molecule has 0 saturated carbocycles. The van der Waals surface area contributed by atoms with Crippen molar-refractivity contribution in [1.82, 2.24) is 4.90 Å². The number of rotatable bonds is 7. The molecule has 0 bridgehead atoms. The van der Waals surface area contributed by atoms with Crippen molar-refractivity contribution in [2.45, 2.75) is 44.3 Å². The number of likely N-dealkylation sites (tertiary alicyclic amines) is 1. The molecular formula is C28H30ClNO6. The average molecular weight is 512 g/mol. The SMILES string of the molecule is CCOc1ccc(Cc2cc(C3C(O)C(O)C(O)CN3C(=O)OCc3ccccc3)ccc2Cl)cc1. The van der Waals surface area contributed by atoms with Crippen molar-refractivity contribution in [2.24, 2.45) is 0 Å². The molecule has 0 aromatic heterocycles. The highest BCUT2D eigenvalue weighted by atomic mass is 35.5. The third-order valence-corrected chi connectivity index (χ3v) is 6.64. The molecule has 1 saturated heterocycles. The fourth-order valence-electron chi connectivity index (χ4n) is 4.39. The van der Waals surface area contributed by atoms with Crippen molar-refractivity contribution >= 4 is 17.7 Å². The van der Waals surface area contributed by atoms with Crippen molar-refractivity contribution < 1.29 is 29.6 Å². The van der Waals surface area contributed by atoms with E-state index in [4.69, 9.17) is 21.1 Å². The monoisotopic (exact) mass is 511 g/mol. The van der Waals surface area contributed by atoms with Gasteiger partial charge in [0.1, 0.15) is 30.7 Å². The van der Waals surface area contributed by atoms with E-state index in [1.807, 2.05) is 67.6 Å². The minimum absolute atomic E-state index is 0.0429. The smallest absolute Gasteiger partial charge is 0.410 e. The van der Waals surface area contributed by atoms with Gasteiger partial charge in [-0.3, -0.25) is 4.90 Å². The molecule has 3 N–H and O–H groups in total. The van der Waals surface area contributed by atoms with Gasteiger partial charge < -0.3 is 24.8 Å². The number of carbonyl (C=O) groups is 1. The van der Waals surface area contributed by atoms with Gasteiger partial charge in [-0.2, -0.15) is 0 Å². The molecule has 4 rings (SSSR count). The maximum absolute atomic E-state index is 13.0. The van der Waals surface area contributed by atoms with Gasteiger partial charge in [-0.1, -0.05) is 66.2 Å². The molecule has 3 aromatic carbocycles. The number of nitrogens with zero attached hydrogens (tertiary/aromatic N) is 1. The predicted octanol–water partition coefficient (Wildman–Crippen LogP) is 4.11. The summed E-state index contributed by atoms with van der Waals surface area (Å²) in [6.45, 7) is 2.37. The lowest BCUT2D eigenvalue weighted by Gasteiger charge is -2.43. The highest BCUT2D eigenvalue weighted by molar-refractivity contribution is 6.31. The highest BCUT2D eigenvalue weighted by Gasteiger charge is 2.45.